The largest absolute Gasteiger partial charge is 0.422 e. The van der Waals surface area contributed by atoms with E-state index in [4.69, 9.17) is 16.3 Å². The van der Waals surface area contributed by atoms with Crippen LogP contribution in [0, 0.1) is 0 Å². The topological polar surface area (TPSA) is 126 Å². The number of hydrazone groups is 1. The lowest BCUT2D eigenvalue weighted by atomic mass is 9.95. The number of carbonyl (C=O) groups excluding carboxylic acids is 4. The lowest BCUT2D eigenvalue weighted by molar-refractivity contribution is -0.136. The summed E-state index contributed by atoms with van der Waals surface area (Å²) in [6.45, 7) is 0. The molecule has 1 aliphatic rings. The van der Waals surface area contributed by atoms with E-state index in [1.165, 1.54) is 18.3 Å². The van der Waals surface area contributed by atoms with Gasteiger partial charge in [-0.25, -0.2) is 10.2 Å². The molecule has 1 aliphatic carbocycles. The molecule has 0 atom stereocenters. The molecule has 4 rings (SSSR count). The molecule has 0 bridgehead atoms. The number of esters is 1. The van der Waals surface area contributed by atoms with Crippen molar-refractivity contribution in [1.29, 1.82) is 0 Å². The summed E-state index contributed by atoms with van der Waals surface area (Å²) in [6.07, 6.45) is 6.39. The van der Waals surface area contributed by atoms with E-state index in [-0.39, 0.29) is 28.9 Å². The van der Waals surface area contributed by atoms with Gasteiger partial charge in [0.25, 0.3) is 5.91 Å². The Bertz CT molecular complexity index is 1380. The maximum atomic E-state index is 12.8. The van der Waals surface area contributed by atoms with Crippen LogP contribution in [-0.4, -0.2) is 35.9 Å². The highest BCUT2D eigenvalue weighted by molar-refractivity contribution is 6.40. The highest BCUT2D eigenvalue weighted by Crippen LogP contribution is 2.21. The first-order chi connectivity index (χ1) is 18.9. The molecule has 0 aliphatic heterocycles. The van der Waals surface area contributed by atoms with Gasteiger partial charge in [0.1, 0.15) is 5.75 Å². The van der Waals surface area contributed by atoms with Gasteiger partial charge in [-0.05, 0) is 61.4 Å². The second kappa shape index (κ2) is 13.3. The van der Waals surface area contributed by atoms with Crippen molar-refractivity contribution >= 4 is 47.2 Å². The van der Waals surface area contributed by atoms with Crippen LogP contribution in [0.2, 0.25) is 5.02 Å². The minimum atomic E-state index is -1.04. The summed E-state index contributed by atoms with van der Waals surface area (Å²) in [5, 5.41) is 9.79. The Hall–Kier alpha value is -4.50. The summed E-state index contributed by atoms with van der Waals surface area (Å²) in [6, 6.07) is 19.4. The number of para-hydroxylation sites is 2. The number of amides is 3. The summed E-state index contributed by atoms with van der Waals surface area (Å²) in [7, 11) is 0. The molecule has 3 aromatic carbocycles. The average Bonchev–Trinajstić information content (AvgIpc) is 2.95. The number of carbonyl (C=O) groups is 4. The van der Waals surface area contributed by atoms with Crippen LogP contribution in [0.25, 0.3) is 0 Å². The number of hydrogen-bond donors (Lipinski definition) is 3. The van der Waals surface area contributed by atoms with Gasteiger partial charge in [-0.3, -0.25) is 14.4 Å². The summed E-state index contributed by atoms with van der Waals surface area (Å²) in [4.78, 5) is 50.1. The Morgan fingerprint density at radius 2 is 1.54 bits per heavy atom. The quantitative estimate of drug-likeness (QED) is 0.130. The lowest BCUT2D eigenvalue weighted by Gasteiger charge is -2.23. The monoisotopic (exact) mass is 546 g/mol. The molecule has 0 unspecified atom stereocenters. The van der Waals surface area contributed by atoms with E-state index in [1.54, 1.807) is 60.7 Å². The standard InChI is InChI=1S/C29H27ClN4O5/c30-21-16-14-19(15-17-21)29(38)39-25-13-7-4-8-20(25)18-31-34-28(37)27(36)33-24-12-6-5-11-23(24)26(35)32-22-9-2-1-3-10-22/h4-8,11-18,22H,1-3,9-10H2,(H,32,35)(H,33,36)(H,34,37)/b31-18-. The summed E-state index contributed by atoms with van der Waals surface area (Å²) < 4.78 is 5.44. The number of anilines is 1. The first-order valence-corrected chi connectivity index (χ1v) is 12.9. The lowest BCUT2D eigenvalue weighted by Crippen LogP contribution is -2.37. The average molecular weight is 547 g/mol. The zero-order valence-corrected chi connectivity index (χ0v) is 21.7. The van der Waals surface area contributed by atoms with Crippen LogP contribution in [-0.2, 0) is 9.59 Å². The molecule has 10 heteroatoms. The van der Waals surface area contributed by atoms with E-state index in [0.29, 0.717) is 16.1 Å². The summed E-state index contributed by atoms with van der Waals surface area (Å²) >= 11 is 5.86. The van der Waals surface area contributed by atoms with Crippen molar-refractivity contribution in [3.63, 3.8) is 0 Å². The van der Waals surface area contributed by atoms with Crippen molar-refractivity contribution in [2.45, 2.75) is 38.1 Å². The maximum Gasteiger partial charge on any atom is 0.343 e. The van der Waals surface area contributed by atoms with Crippen molar-refractivity contribution in [3.8, 4) is 5.75 Å². The van der Waals surface area contributed by atoms with Crippen LogP contribution in [0.5, 0.6) is 5.75 Å². The van der Waals surface area contributed by atoms with E-state index in [9.17, 15) is 19.2 Å². The predicted molar refractivity (Wildman–Crippen MR) is 148 cm³/mol. The molecule has 0 saturated heterocycles. The first-order valence-electron chi connectivity index (χ1n) is 12.5. The van der Waals surface area contributed by atoms with Crippen LogP contribution in [0.4, 0.5) is 5.69 Å². The van der Waals surface area contributed by atoms with Crippen LogP contribution in [0.1, 0.15) is 58.4 Å². The molecule has 3 N–H and O–H groups in total. The number of ether oxygens (including phenoxy) is 1. The van der Waals surface area contributed by atoms with Gasteiger partial charge in [-0.2, -0.15) is 5.10 Å². The van der Waals surface area contributed by atoms with Gasteiger partial charge >= 0.3 is 17.8 Å². The number of halogens is 1. The minimum Gasteiger partial charge on any atom is -0.422 e. The Kier molecular flexibility index (Phi) is 9.42. The number of benzene rings is 3. The summed E-state index contributed by atoms with van der Waals surface area (Å²) in [5.41, 5.74) is 3.33. The van der Waals surface area contributed by atoms with Gasteiger partial charge in [0.15, 0.2) is 0 Å². The predicted octanol–water partition coefficient (Wildman–Crippen LogP) is 4.71. The zero-order chi connectivity index (χ0) is 27.6. The fraction of sp³-hybridized carbons (Fsp3) is 0.207. The molecular formula is C29H27ClN4O5. The van der Waals surface area contributed by atoms with Crippen molar-refractivity contribution in [2.24, 2.45) is 5.10 Å². The van der Waals surface area contributed by atoms with Gasteiger partial charge in [0.05, 0.1) is 23.0 Å². The summed E-state index contributed by atoms with van der Waals surface area (Å²) in [5.74, 6) is -2.72. The fourth-order valence-electron chi connectivity index (χ4n) is 4.12. The van der Waals surface area contributed by atoms with Crippen molar-refractivity contribution in [1.82, 2.24) is 10.7 Å². The molecule has 0 spiro atoms. The molecular weight excluding hydrogens is 520 g/mol. The van der Waals surface area contributed by atoms with Crippen LogP contribution >= 0.6 is 11.6 Å². The number of nitrogens with one attached hydrogen (secondary N) is 3. The third-order valence-electron chi connectivity index (χ3n) is 6.14. The van der Waals surface area contributed by atoms with Crippen molar-refractivity contribution in [3.05, 3.63) is 94.5 Å². The van der Waals surface area contributed by atoms with E-state index in [1.807, 2.05) is 0 Å². The van der Waals surface area contributed by atoms with Crippen LogP contribution < -0.4 is 20.8 Å². The minimum absolute atomic E-state index is 0.0981. The highest BCUT2D eigenvalue weighted by Gasteiger charge is 2.21. The van der Waals surface area contributed by atoms with Crippen LogP contribution in [0.3, 0.4) is 0 Å². The Morgan fingerprint density at radius 3 is 2.31 bits per heavy atom. The normalized spacial score (nSPS) is 13.5. The second-order valence-corrected chi connectivity index (χ2v) is 9.38. The molecule has 0 aromatic heterocycles. The van der Waals surface area contributed by atoms with E-state index in [0.717, 1.165) is 32.1 Å². The fourth-order valence-corrected chi connectivity index (χ4v) is 4.24. The van der Waals surface area contributed by atoms with Crippen molar-refractivity contribution in [2.75, 3.05) is 5.32 Å². The van der Waals surface area contributed by atoms with Gasteiger partial charge in [-0.1, -0.05) is 55.1 Å². The molecule has 9 nitrogen and oxygen atoms in total. The van der Waals surface area contributed by atoms with Gasteiger partial charge in [0.2, 0.25) is 0 Å². The van der Waals surface area contributed by atoms with E-state index in [2.05, 4.69) is 21.2 Å². The van der Waals surface area contributed by atoms with Crippen molar-refractivity contribution < 1.29 is 23.9 Å². The number of rotatable bonds is 7. The number of hydrogen-bond acceptors (Lipinski definition) is 6. The molecule has 3 amide bonds. The SMILES string of the molecule is O=C(N/N=C\c1ccccc1OC(=O)c1ccc(Cl)cc1)C(=O)Nc1ccccc1C(=O)NC1CCCCC1. The third kappa shape index (κ3) is 7.75. The molecule has 39 heavy (non-hydrogen) atoms. The molecule has 1 fully saturated rings. The molecule has 3 aromatic rings. The first kappa shape index (κ1) is 27.5. The van der Waals surface area contributed by atoms with E-state index < -0.39 is 17.8 Å². The molecule has 1 saturated carbocycles. The molecule has 0 heterocycles. The second-order valence-electron chi connectivity index (χ2n) is 8.94. The number of nitrogens with zero attached hydrogens (tertiary/aromatic N) is 1. The Labute approximate surface area is 230 Å². The van der Waals surface area contributed by atoms with Crippen LogP contribution in [0.15, 0.2) is 77.9 Å². The van der Waals surface area contributed by atoms with Gasteiger partial charge in [-0.15, -0.1) is 0 Å². The Morgan fingerprint density at radius 1 is 0.846 bits per heavy atom. The van der Waals surface area contributed by atoms with Gasteiger partial charge in [0, 0.05) is 16.6 Å². The van der Waals surface area contributed by atoms with E-state index >= 15 is 0 Å². The zero-order valence-electron chi connectivity index (χ0n) is 21.0. The molecule has 200 valence electrons. The molecule has 0 radical (unpaired) electrons. The smallest absolute Gasteiger partial charge is 0.343 e. The maximum absolute atomic E-state index is 12.8. The highest BCUT2D eigenvalue weighted by atomic mass is 35.5. The van der Waals surface area contributed by atoms with Gasteiger partial charge < -0.3 is 15.4 Å². The Balaban J connectivity index is 1.35. The third-order valence-corrected chi connectivity index (χ3v) is 6.39.